The Hall–Kier alpha value is -2.18. The van der Waals surface area contributed by atoms with E-state index in [2.05, 4.69) is 25.7 Å². The van der Waals surface area contributed by atoms with Crippen molar-refractivity contribution in [2.24, 2.45) is 7.05 Å². The van der Waals surface area contributed by atoms with Gasteiger partial charge in [0.1, 0.15) is 12.1 Å². The molecule has 1 amide bonds. The van der Waals surface area contributed by atoms with Crippen LogP contribution in [-0.2, 0) is 11.8 Å². The summed E-state index contributed by atoms with van der Waals surface area (Å²) in [5.41, 5.74) is 0.488. The van der Waals surface area contributed by atoms with Crippen LogP contribution in [0.5, 0.6) is 0 Å². The fraction of sp³-hybridized carbons (Fsp3) is 0.500. The van der Waals surface area contributed by atoms with Crippen LogP contribution >= 0.6 is 0 Å². The van der Waals surface area contributed by atoms with Crippen molar-refractivity contribution in [2.45, 2.75) is 26.3 Å². The van der Waals surface area contributed by atoms with E-state index in [1.807, 2.05) is 27.8 Å². The number of nitrogens with zero attached hydrogens (tertiary/aromatic N) is 4. The molecule has 2 aromatic rings. The second kappa shape index (κ2) is 4.83. The lowest BCUT2D eigenvalue weighted by Crippen LogP contribution is -2.43. The number of amides is 1. The van der Waals surface area contributed by atoms with Crippen LogP contribution in [0.15, 0.2) is 12.5 Å². The Morgan fingerprint density at radius 1 is 1.37 bits per heavy atom. The number of fused-ring (bicyclic) bond motifs is 1. The van der Waals surface area contributed by atoms with Gasteiger partial charge in [0.15, 0.2) is 5.65 Å². The molecule has 102 valence electrons. The Morgan fingerprint density at radius 3 is 2.79 bits per heavy atom. The van der Waals surface area contributed by atoms with Gasteiger partial charge in [-0.25, -0.2) is 9.97 Å². The van der Waals surface area contributed by atoms with Crippen molar-refractivity contribution >= 4 is 22.8 Å². The molecule has 0 bridgehead atoms. The maximum atomic E-state index is 11.7. The third-order valence-electron chi connectivity index (χ3n) is 2.46. The average molecular weight is 262 g/mol. The first-order chi connectivity index (χ1) is 8.87. The molecule has 2 aromatic heterocycles. The largest absolute Gasteiger partial charge is 0.360 e. The molecule has 0 aliphatic rings. The second-order valence-electron chi connectivity index (χ2n) is 5.38. The van der Waals surface area contributed by atoms with Crippen LogP contribution in [0.2, 0.25) is 0 Å². The van der Waals surface area contributed by atoms with E-state index in [0.717, 1.165) is 11.0 Å². The molecule has 19 heavy (non-hydrogen) atoms. The molecule has 0 aliphatic carbocycles. The molecule has 7 nitrogen and oxygen atoms in total. The SMILES string of the molecule is Cn1ncc2c(NCC(=O)NC(C)(C)C)ncnc21. The number of nitrogens with one attached hydrogen (secondary N) is 2. The van der Waals surface area contributed by atoms with E-state index in [9.17, 15) is 4.79 Å². The van der Waals surface area contributed by atoms with Gasteiger partial charge in [-0.3, -0.25) is 9.48 Å². The summed E-state index contributed by atoms with van der Waals surface area (Å²) in [5, 5.41) is 10.8. The minimum Gasteiger partial charge on any atom is -0.360 e. The molecule has 0 atom stereocenters. The second-order valence-corrected chi connectivity index (χ2v) is 5.38. The Bertz CT molecular complexity index is 598. The van der Waals surface area contributed by atoms with Crippen molar-refractivity contribution in [3.05, 3.63) is 12.5 Å². The lowest BCUT2D eigenvalue weighted by atomic mass is 10.1. The van der Waals surface area contributed by atoms with Gasteiger partial charge in [-0.2, -0.15) is 5.10 Å². The standard InChI is InChI=1S/C12H18N6O/c1-12(2,3)17-9(19)6-13-10-8-5-16-18(4)11(8)15-7-14-10/h5,7H,6H2,1-4H3,(H,17,19)(H,13,14,15). The molecule has 0 aromatic carbocycles. The van der Waals surface area contributed by atoms with Crippen molar-refractivity contribution in [2.75, 3.05) is 11.9 Å². The summed E-state index contributed by atoms with van der Waals surface area (Å²) in [4.78, 5) is 20.0. The number of anilines is 1. The number of rotatable bonds is 3. The van der Waals surface area contributed by atoms with E-state index in [0.29, 0.717) is 5.82 Å². The van der Waals surface area contributed by atoms with Gasteiger partial charge < -0.3 is 10.6 Å². The molecule has 2 N–H and O–H groups in total. The summed E-state index contributed by atoms with van der Waals surface area (Å²) in [7, 11) is 1.81. The molecule has 7 heteroatoms. The van der Waals surface area contributed by atoms with E-state index < -0.39 is 0 Å². The van der Waals surface area contributed by atoms with Crippen LogP contribution < -0.4 is 10.6 Å². The van der Waals surface area contributed by atoms with Gasteiger partial charge in [0.05, 0.1) is 18.1 Å². The maximum Gasteiger partial charge on any atom is 0.239 e. The third-order valence-corrected chi connectivity index (χ3v) is 2.46. The zero-order valence-corrected chi connectivity index (χ0v) is 11.6. The third kappa shape index (κ3) is 3.18. The highest BCUT2D eigenvalue weighted by Gasteiger charge is 2.14. The lowest BCUT2D eigenvalue weighted by molar-refractivity contribution is -0.120. The lowest BCUT2D eigenvalue weighted by Gasteiger charge is -2.20. The number of carbonyl (C=O) groups excluding carboxylic acids is 1. The van der Waals surface area contributed by atoms with E-state index in [1.165, 1.54) is 6.33 Å². The summed E-state index contributed by atoms with van der Waals surface area (Å²) < 4.78 is 1.66. The van der Waals surface area contributed by atoms with E-state index >= 15 is 0 Å². The van der Waals surface area contributed by atoms with Gasteiger partial charge in [0.25, 0.3) is 0 Å². The van der Waals surface area contributed by atoms with E-state index in [1.54, 1.807) is 10.9 Å². The highest BCUT2D eigenvalue weighted by molar-refractivity contribution is 5.88. The zero-order valence-electron chi connectivity index (χ0n) is 11.6. The van der Waals surface area contributed by atoms with Crippen LogP contribution in [-0.4, -0.2) is 37.7 Å². The molecule has 0 aliphatic heterocycles. The molecule has 0 saturated carbocycles. The number of aromatic nitrogens is 4. The van der Waals surface area contributed by atoms with Crippen LogP contribution in [0.1, 0.15) is 20.8 Å². The molecule has 0 unspecified atom stereocenters. The fourth-order valence-corrected chi connectivity index (χ4v) is 1.73. The van der Waals surface area contributed by atoms with Gasteiger partial charge in [-0.05, 0) is 20.8 Å². The number of hydrogen-bond acceptors (Lipinski definition) is 5. The summed E-state index contributed by atoms with van der Waals surface area (Å²) in [5.74, 6) is 0.533. The fourth-order valence-electron chi connectivity index (χ4n) is 1.73. The Morgan fingerprint density at radius 2 is 2.11 bits per heavy atom. The van der Waals surface area contributed by atoms with Crippen molar-refractivity contribution < 1.29 is 4.79 Å². The monoisotopic (exact) mass is 262 g/mol. The molecule has 0 fully saturated rings. The van der Waals surface area contributed by atoms with Gasteiger partial charge in [0.2, 0.25) is 5.91 Å². The Kier molecular flexibility index (Phi) is 3.37. The normalized spacial score (nSPS) is 11.6. The van der Waals surface area contributed by atoms with Gasteiger partial charge in [-0.1, -0.05) is 0 Å². The zero-order chi connectivity index (χ0) is 14.0. The van der Waals surface area contributed by atoms with Crippen LogP contribution in [0.4, 0.5) is 5.82 Å². The van der Waals surface area contributed by atoms with Gasteiger partial charge in [-0.15, -0.1) is 0 Å². The molecular weight excluding hydrogens is 244 g/mol. The topological polar surface area (TPSA) is 84.7 Å². The van der Waals surface area contributed by atoms with Gasteiger partial charge in [0, 0.05) is 12.6 Å². The quantitative estimate of drug-likeness (QED) is 0.850. The molecular formula is C12H18N6O. The predicted octanol–water partition coefficient (Wildman–Crippen LogP) is 0.690. The summed E-state index contributed by atoms with van der Waals surface area (Å²) in [6, 6.07) is 0. The van der Waals surface area contributed by atoms with Crippen LogP contribution in [0.25, 0.3) is 11.0 Å². The van der Waals surface area contributed by atoms with E-state index in [4.69, 9.17) is 0 Å². The molecule has 0 radical (unpaired) electrons. The molecule has 2 heterocycles. The number of aryl methyl sites for hydroxylation is 1. The van der Waals surface area contributed by atoms with Gasteiger partial charge >= 0.3 is 0 Å². The summed E-state index contributed by atoms with van der Waals surface area (Å²) >= 11 is 0. The first-order valence-corrected chi connectivity index (χ1v) is 6.04. The predicted molar refractivity (Wildman–Crippen MR) is 72.7 cm³/mol. The highest BCUT2D eigenvalue weighted by Crippen LogP contribution is 2.17. The maximum absolute atomic E-state index is 11.7. The van der Waals surface area contributed by atoms with Crippen molar-refractivity contribution in [1.82, 2.24) is 25.1 Å². The van der Waals surface area contributed by atoms with Crippen LogP contribution in [0.3, 0.4) is 0 Å². The smallest absolute Gasteiger partial charge is 0.239 e. The first kappa shape index (κ1) is 13.3. The van der Waals surface area contributed by atoms with E-state index in [-0.39, 0.29) is 18.0 Å². The van der Waals surface area contributed by atoms with Crippen molar-refractivity contribution in [3.63, 3.8) is 0 Å². The Balaban J connectivity index is 2.08. The van der Waals surface area contributed by atoms with Crippen molar-refractivity contribution in [3.8, 4) is 0 Å². The summed E-state index contributed by atoms with van der Waals surface area (Å²) in [6.45, 7) is 5.98. The highest BCUT2D eigenvalue weighted by atomic mass is 16.2. The van der Waals surface area contributed by atoms with Crippen LogP contribution in [0, 0.1) is 0 Å². The average Bonchev–Trinajstić information content (AvgIpc) is 2.67. The molecule has 0 spiro atoms. The summed E-state index contributed by atoms with van der Waals surface area (Å²) in [6.07, 6.45) is 3.13. The molecule has 0 saturated heterocycles. The number of carbonyl (C=O) groups is 1. The Labute approximate surface area is 111 Å². The first-order valence-electron chi connectivity index (χ1n) is 6.04. The minimum absolute atomic E-state index is 0.0804. The van der Waals surface area contributed by atoms with Crippen molar-refractivity contribution in [1.29, 1.82) is 0 Å². The number of hydrogen-bond donors (Lipinski definition) is 2. The minimum atomic E-state index is -0.242. The molecule has 2 rings (SSSR count).